The Labute approximate surface area is 185 Å². The molecule has 32 heavy (non-hydrogen) atoms. The van der Waals surface area contributed by atoms with E-state index in [1.54, 1.807) is 0 Å². The summed E-state index contributed by atoms with van der Waals surface area (Å²) in [6.45, 7) is 3.37. The van der Waals surface area contributed by atoms with Crippen LogP contribution in [-0.4, -0.2) is 57.1 Å². The van der Waals surface area contributed by atoms with Crippen LogP contribution < -0.4 is 4.74 Å². The Morgan fingerprint density at radius 3 is 2.22 bits per heavy atom. The normalized spacial score (nSPS) is 18.7. The molecule has 2 aromatic carbocycles. The SMILES string of the molecule is CCC.COc1cccc2c1C(=O)c1c(O)c3c(c(O)c1C2=O)C[C@@](O)(C(=O)CO)CC3. The summed E-state index contributed by atoms with van der Waals surface area (Å²) in [5.74, 6) is -2.99. The Kier molecular flexibility index (Phi) is 6.39. The number of hydrogen-bond acceptors (Lipinski definition) is 8. The van der Waals surface area contributed by atoms with E-state index in [0.717, 1.165) is 0 Å². The summed E-state index contributed by atoms with van der Waals surface area (Å²) in [4.78, 5) is 38.2. The van der Waals surface area contributed by atoms with Crippen LogP contribution in [0.25, 0.3) is 0 Å². The Bertz CT molecular complexity index is 1120. The third-order valence-corrected chi connectivity index (χ3v) is 5.75. The Morgan fingerprint density at radius 2 is 1.62 bits per heavy atom. The number of hydrogen-bond donors (Lipinski definition) is 4. The van der Waals surface area contributed by atoms with Crippen LogP contribution in [-0.2, 0) is 17.6 Å². The highest BCUT2D eigenvalue weighted by Gasteiger charge is 2.45. The van der Waals surface area contributed by atoms with Gasteiger partial charge in [-0.1, -0.05) is 32.4 Å². The summed E-state index contributed by atoms with van der Waals surface area (Å²) in [6, 6.07) is 4.47. The van der Waals surface area contributed by atoms with Gasteiger partial charge >= 0.3 is 0 Å². The number of rotatable bonds is 3. The first-order valence-corrected chi connectivity index (χ1v) is 10.4. The molecule has 0 amide bonds. The van der Waals surface area contributed by atoms with Crippen molar-refractivity contribution in [3.8, 4) is 17.2 Å². The van der Waals surface area contributed by atoms with E-state index in [0.29, 0.717) is 0 Å². The average molecular weight is 442 g/mol. The number of ketones is 3. The van der Waals surface area contributed by atoms with Crippen LogP contribution >= 0.6 is 0 Å². The molecule has 4 rings (SSSR count). The first-order chi connectivity index (χ1) is 15.2. The van der Waals surface area contributed by atoms with Crippen LogP contribution in [0.4, 0.5) is 0 Å². The Balaban J connectivity index is 0.000000913. The summed E-state index contributed by atoms with van der Waals surface area (Å²) >= 11 is 0. The van der Waals surface area contributed by atoms with Gasteiger partial charge in [-0.3, -0.25) is 14.4 Å². The lowest BCUT2D eigenvalue weighted by Gasteiger charge is -2.34. The van der Waals surface area contributed by atoms with Gasteiger partial charge in [0.05, 0.1) is 23.8 Å². The first-order valence-electron chi connectivity index (χ1n) is 10.4. The second kappa shape index (κ2) is 8.72. The van der Waals surface area contributed by atoms with Gasteiger partial charge in [0, 0.05) is 23.1 Å². The van der Waals surface area contributed by atoms with Crippen LogP contribution in [0.1, 0.15) is 69.7 Å². The fraction of sp³-hybridized carbons (Fsp3) is 0.375. The van der Waals surface area contributed by atoms with Crippen molar-refractivity contribution >= 4 is 17.3 Å². The number of methoxy groups -OCH3 is 1. The quantitative estimate of drug-likeness (QED) is 0.452. The molecule has 8 nitrogen and oxygen atoms in total. The van der Waals surface area contributed by atoms with E-state index in [2.05, 4.69) is 13.8 Å². The second-order valence-corrected chi connectivity index (χ2v) is 7.94. The van der Waals surface area contributed by atoms with Crippen LogP contribution in [0.2, 0.25) is 0 Å². The van der Waals surface area contributed by atoms with Gasteiger partial charge in [0.25, 0.3) is 0 Å². The summed E-state index contributed by atoms with van der Waals surface area (Å²) in [5.41, 5.74) is -2.38. The van der Waals surface area contributed by atoms with Crippen molar-refractivity contribution in [1.29, 1.82) is 0 Å². The molecule has 0 heterocycles. The van der Waals surface area contributed by atoms with Crippen LogP contribution in [0.3, 0.4) is 0 Å². The summed E-state index contributed by atoms with van der Waals surface area (Å²) in [5, 5.41) is 41.3. The average Bonchev–Trinajstić information content (AvgIpc) is 2.79. The third kappa shape index (κ3) is 3.45. The van der Waals surface area contributed by atoms with E-state index in [1.807, 2.05) is 0 Å². The van der Waals surface area contributed by atoms with Crippen molar-refractivity contribution in [2.24, 2.45) is 0 Å². The smallest absolute Gasteiger partial charge is 0.202 e. The van der Waals surface area contributed by atoms with Crippen molar-refractivity contribution < 1.29 is 39.5 Å². The fourth-order valence-corrected chi connectivity index (χ4v) is 4.21. The number of benzene rings is 2. The number of aromatic hydroxyl groups is 2. The molecule has 170 valence electrons. The van der Waals surface area contributed by atoms with E-state index < -0.39 is 41.1 Å². The number of ether oxygens (including phenoxy) is 1. The predicted octanol–water partition coefficient (Wildman–Crippen LogP) is 2.08. The largest absolute Gasteiger partial charge is 0.507 e. The zero-order valence-electron chi connectivity index (χ0n) is 18.2. The lowest BCUT2D eigenvalue weighted by molar-refractivity contribution is -0.141. The molecule has 0 unspecified atom stereocenters. The van der Waals surface area contributed by atoms with Gasteiger partial charge in [-0.15, -0.1) is 0 Å². The third-order valence-electron chi connectivity index (χ3n) is 5.75. The molecule has 2 aliphatic rings. The Morgan fingerprint density at radius 1 is 1.03 bits per heavy atom. The van der Waals surface area contributed by atoms with Gasteiger partial charge in [0.1, 0.15) is 29.5 Å². The topological polar surface area (TPSA) is 141 Å². The molecule has 1 atom stereocenters. The van der Waals surface area contributed by atoms with Crippen molar-refractivity contribution in [1.82, 2.24) is 0 Å². The van der Waals surface area contributed by atoms with Crippen molar-refractivity contribution in [2.45, 2.75) is 45.1 Å². The molecule has 0 saturated heterocycles. The number of fused-ring (bicyclic) bond motifs is 3. The van der Waals surface area contributed by atoms with Gasteiger partial charge in [-0.2, -0.15) is 0 Å². The minimum atomic E-state index is -1.93. The lowest BCUT2D eigenvalue weighted by Crippen LogP contribution is -2.45. The number of carbonyl (C=O) groups is 3. The molecule has 0 radical (unpaired) electrons. The molecule has 0 bridgehead atoms. The van der Waals surface area contributed by atoms with Gasteiger partial charge in [-0.05, 0) is 18.9 Å². The Hall–Kier alpha value is -3.23. The molecule has 0 fully saturated rings. The van der Waals surface area contributed by atoms with E-state index in [-0.39, 0.29) is 58.4 Å². The highest BCUT2D eigenvalue weighted by atomic mass is 16.5. The molecule has 2 aromatic rings. The number of aliphatic hydroxyl groups excluding tert-OH is 1. The molecule has 0 aromatic heterocycles. The standard InChI is InChI=1S/C21H18O8.C3H8/c1-29-12-4-2-3-10-14(12)20(27)16-15(18(10)25)19(26)11-7-21(28,13(23)8-22)6-5-9(11)17(16)24;1-3-2/h2-4,22,24,26,28H,5-8H2,1H3;3H2,1-2H3/t21-;/m1./s1. The summed E-state index contributed by atoms with van der Waals surface area (Å²) in [7, 11) is 1.35. The number of aliphatic hydroxyl groups is 2. The number of Topliss-reactive ketones (excluding diaryl/α,β-unsaturated/α-hetero) is 1. The van der Waals surface area contributed by atoms with E-state index in [1.165, 1.54) is 31.7 Å². The highest BCUT2D eigenvalue weighted by Crippen LogP contribution is 2.48. The molecule has 2 aliphatic carbocycles. The zero-order chi connectivity index (χ0) is 23.8. The highest BCUT2D eigenvalue weighted by molar-refractivity contribution is 6.31. The maximum absolute atomic E-state index is 13.1. The molecule has 8 heteroatoms. The minimum Gasteiger partial charge on any atom is -0.507 e. The monoisotopic (exact) mass is 442 g/mol. The predicted molar refractivity (Wildman–Crippen MR) is 115 cm³/mol. The van der Waals surface area contributed by atoms with Gasteiger partial charge in [0.15, 0.2) is 11.6 Å². The van der Waals surface area contributed by atoms with E-state index in [4.69, 9.17) is 9.84 Å². The maximum atomic E-state index is 13.1. The van der Waals surface area contributed by atoms with Crippen molar-refractivity contribution in [3.05, 3.63) is 51.6 Å². The fourth-order valence-electron chi connectivity index (χ4n) is 4.21. The van der Waals surface area contributed by atoms with Crippen LogP contribution in [0, 0.1) is 0 Å². The van der Waals surface area contributed by atoms with Gasteiger partial charge in [-0.25, -0.2) is 0 Å². The lowest BCUT2D eigenvalue weighted by atomic mass is 9.73. The molecule has 0 aliphatic heterocycles. The van der Waals surface area contributed by atoms with Crippen LogP contribution in [0.5, 0.6) is 17.2 Å². The second-order valence-electron chi connectivity index (χ2n) is 7.94. The molecular weight excluding hydrogens is 416 g/mol. The number of carbonyl (C=O) groups excluding carboxylic acids is 3. The van der Waals surface area contributed by atoms with Crippen molar-refractivity contribution in [2.75, 3.05) is 13.7 Å². The van der Waals surface area contributed by atoms with Gasteiger partial charge < -0.3 is 25.2 Å². The summed E-state index contributed by atoms with van der Waals surface area (Å²) < 4.78 is 5.18. The summed E-state index contributed by atoms with van der Waals surface area (Å²) in [6.07, 6.45) is 0.735. The minimum absolute atomic E-state index is 0.00456. The zero-order valence-corrected chi connectivity index (χ0v) is 18.2. The first kappa shape index (κ1) is 23.4. The molecule has 4 N–H and O–H groups in total. The maximum Gasteiger partial charge on any atom is 0.202 e. The van der Waals surface area contributed by atoms with E-state index >= 15 is 0 Å². The molecule has 0 spiro atoms. The number of phenolic OH excluding ortho intramolecular Hbond substituents is 2. The number of phenols is 2. The van der Waals surface area contributed by atoms with E-state index in [9.17, 15) is 29.7 Å². The molecular formula is C24H26O8. The van der Waals surface area contributed by atoms with Gasteiger partial charge in [0.2, 0.25) is 5.78 Å². The van der Waals surface area contributed by atoms with Crippen LogP contribution in [0.15, 0.2) is 18.2 Å². The van der Waals surface area contributed by atoms with Crippen molar-refractivity contribution in [3.63, 3.8) is 0 Å². The molecule has 0 saturated carbocycles.